The van der Waals surface area contributed by atoms with Gasteiger partial charge in [0.05, 0.1) is 6.54 Å². The van der Waals surface area contributed by atoms with E-state index >= 15 is 0 Å². The lowest BCUT2D eigenvalue weighted by atomic mass is 10.2. The summed E-state index contributed by atoms with van der Waals surface area (Å²) in [5.74, 6) is -0.175. The molecule has 1 N–H and O–H groups in total. The van der Waals surface area contributed by atoms with Gasteiger partial charge in [-0.05, 0) is 40.7 Å². The number of nitrogens with one attached hydrogen (secondary N) is 1. The molecule has 0 heterocycles. The minimum absolute atomic E-state index is 0.175. The summed E-state index contributed by atoms with van der Waals surface area (Å²) in [6, 6.07) is 0.744. The van der Waals surface area contributed by atoms with E-state index in [9.17, 15) is 4.79 Å². The van der Waals surface area contributed by atoms with E-state index in [1.807, 2.05) is 20.8 Å². The highest BCUT2D eigenvalue weighted by molar-refractivity contribution is 5.72. The molecular formula is C14H28N2O2. The van der Waals surface area contributed by atoms with E-state index < -0.39 is 0 Å². The van der Waals surface area contributed by atoms with Gasteiger partial charge in [-0.1, -0.05) is 12.8 Å². The fraction of sp³-hybridized carbons (Fsp3) is 0.929. The predicted molar refractivity (Wildman–Crippen MR) is 73.6 cm³/mol. The molecular weight excluding hydrogens is 228 g/mol. The molecule has 4 heteroatoms. The van der Waals surface area contributed by atoms with Crippen LogP contribution in [0, 0.1) is 0 Å². The molecule has 0 radical (unpaired) electrons. The second-order valence-electron chi connectivity index (χ2n) is 6.18. The number of hydrogen-bond donors (Lipinski definition) is 1. The van der Waals surface area contributed by atoms with Gasteiger partial charge in [0.2, 0.25) is 0 Å². The van der Waals surface area contributed by atoms with Crippen LogP contribution in [0.15, 0.2) is 0 Å². The molecule has 1 saturated carbocycles. The maximum absolute atomic E-state index is 11.5. The molecule has 0 aromatic carbocycles. The van der Waals surface area contributed by atoms with E-state index in [1.54, 1.807) is 0 Å². The Hall–Kier alpha value is -0.610. The van der Waals surface area contributed by atoms with Gasteiger partial charge < -0.3 is 15.0 Å². The average Bonchev–Trinajstić information content (AvgIpc) is 2.74. The van der Waals surface area contributed by atoms with E-state index in [4.69, 9.17) is 4.74 Å². The lowest BCUT2D eigenvalue weighted by Gasteiger charge is -2.24. The van der Waals surface area contributed by atoms with Crippen LogP contribution in [0.5, 0.6) is 0 Å². The SMILES string of the molecule is CN(CCNCC(=O)OC(C)(C)C)C1CCCC1. The van der Waals surface area contributed by atoms with E-state index in [2.05, 4.69) is 17.3 Å². The smallest absolute Gasteiger partial charge is 0.320 e. The highest BCUT2D eigenvalue weighted by Gasteiger charge is 2.19. The number of esters is 1. The largest absolute Gasteiger partial charge is 0.459 e. The van der Waals surface area contributed by atoms with Crippen LogP contribution in [0.3, 0.4) is 0 Å². The van der Waals surface area contributed by atoms with Crippen molar-refractivity contribution >= 4 is 5.97 Å². The van der Waals surface area contributed by atoms with Crippen LogP contribution in [0.4, 0.5) is 0 Å². The Morgan fingerprint density at radius 3 is 2.50 bits per heavy atom. The fourth-order valence-electron chi connectivity index (χ4n) is 2.35. The van der Waals surface area contributed by atoms with Crippen molar-refractivity contribution < 1.29 is 9.53 Å². The molecule has 106 valence electrons. The minimum Gasteiger partial charge on any atom is -0.459 e. The Balaban J connectivity index is 2.05. The van der Waals surface area contributed by atoms with Gasteiger partial charge in [-0.3, -0.25) is 4.79 Å². The van der Waals surface area contributed by atoms with E-state index in [1.165, 1.54) is 25.7 Å². The zero-order chi connectivity index (χ0) is 13.6. The third kappa shape index (κ3) is 6.36. The van der Waals surface area contributed by atoms with Crippen LogP contribution >= 0.6 is 0 Å². The molecule has 0 atom stereocenters. The fourth-order valence-corrected chi connectivity index (χ4v) is 2.35. The topological polar surface area (TPSA) is 41.6 Å². The van der Waals surface area contributed by atoms with Crippen molar-refractivity contribution in [2.24, 2.45) is 0 Å². The summed E-state index contributed by atoms with van der Waals surface area (Å²) >= 11 is 0. The lowest BCUT2D eigenvalue weighted by Crippen LogP contribution is -2.38. The summed E-state index contributed by atoms with van der Waals surface area (Å²) in [6.45, 7) is 7.80. The first-order valence-corrected chi connectivity index (χ1v) is 7.01. The molecule has 1 aliphatic carbocycles. The Bertz CT molecular complexity index is 255. The van der Waals surface area contributed by atoms with Crippen LogP contribution in [0.1, 0.15) is 46.5 Å². The third-order valence-electron chi connectivity index (χ3n) is 3.28. The summed E-state index contributed by atoms with van der Waals surface area (Å²) in [5, 5.41) is 3.15. The van der Waals surface area contributed by atoms with Gasteiger partial charge in [-0.25, -0.2) is 0 Å². The number of hydrogen-bond acceptors (Lipinski definition) is 4. The molecule has 0 spiro atoms. The highest BCUT2D eigenvalue weighted by atomic mass is 16.6. The lowest BCUT2D eigenvalue weighted by molar-refractivity contribution is -0.153. The third-order valence-corrected chi connectivity index (χ3v) is 3.28. The first-order valence-electron chi connectivity index (χ1n) is 7.01. The minimum atomic E-state index is -0.389. The van der Waals surface area contributed by atoms with Crippen LogP contribution in [0.25, 0.3) is 0 Å². The highest BCUT2D eigenvalue weighted by Crippen LogP contribution is 2.21. The number of nitrogens with zero attached hydrogens (tertiary/aromatic N) is 1. The predicted octanol–water partition coefficient (Wildman–Crippen LogP) is 1.79. The molecule has 0 amide bonds. The number of carbonyl (C=O) groups excluding carboxylic acids is 1. The molecule has 4 nitrogen and oxygen atoms in total. The van der Waals surface area contributed by atoms with Crippen LogP contribution in [-0.4, -0.2) is 49.2 Å². The molecule has 0 unspecified atom stereocenters. The molecule has 0 aromatic heterocycles. The molecule has 1 fully saturated rings. The summed E-state index contributed by atoms with van der Waals surface area (Å²) < 4.78 is 5.23. The van der Waals surface area contributed by atoms with Gasteiger partial charge in [-0.2, -0.15) is 0 Å². The number of rotatable bonds is 6. The van der Waals surface area contributed by atoms with Gasteiger partial charge in [0.15, 0.2) is 0 Å². The molecule has 1 rings (SSSR count). The number of likely N-dealkylation sites (N-methyl/N-ethyl adjacent to an activating group) is 1. The molecule has 0 saturated heterocycles. The van der Waals surface area contributed by atoms with Crippen molar-refractivity contribution in [3.8, 4) is 0 Å². The maximum atomic E-state index is 11.5. The molecule has 0 bridgehead atoms. The van der Waals surface area contributed by atoms with E-state index in [0.29, 0.717) is 6.54 Å². The first kappa shape index (κ1) is 15.4. The molecule has 0 aromatic rings. The Kier molecular flexibility index (Phi) is 6.09. The normalized spacial score (nSPS) is 17.4. The number of carbonyl (C=O) groups is 1. The van der Waals surface area contributed by atoms with Crippen LogP contribution in [0.2, 0.25) is 0 Å². The van der Waals surface area contributed by atoms with E-state index in [0.717, 1.165) is 19.1 Å². The van der Waals surface area contributed by atoms with Crippen molar-refractivity contribution in [3.05, 3.63) is 0 Å². The standard InChI is InChI=1S/C14H28N2O2/c1-14(2,3)18-13(17)11-15-9-10-16(4)12-7-5-6-8-12/h12,15H,5-11H2,1-4H3. The van der Waals surface area contributed by atoms with Gasteiger partial charge in [0, 0.05) is 19.1 Å². The Morgan fingerprint density at radius 2 is 1.94 bits per heavy atom. The molecule has 1 aliphatic rings. The Morgan fingerprint density at radius 1 is 1.33 bits per heavy atom. The summed E-state index contributed by atoms with van der Waals surface area (Å²) in [5.41, 5.74) is -0.389. The summed E-state index contributed by atoms with van der Waals surface area (Å²) in [6.07, 6.45) is 5.37. The zero-order valence-electron chi connectivity index (χ0n) is 12.3. The van der Waals surface area contributed by atoms with Crippen LogP contribution in [-0.2, 0) is 9.53 Å². The number of ether oxygens (including phenoxy) is 1. The maximum Gasteiger partial charge on any atom is 0.320 e. The molecule has 18 heavy (non-hydrogen) atoms. The van der Waals surface area contributed by atoms with Crippen molar-refractivity contribution in [1.29, 1.82) is 0 Å². The van der Waals surface area contributed by atoms with Gasteiger partial charge in [0.1, 0.15) is 5.60 Å². The summed E-state index contributed by atoms with van der Waals surface area (Å²) in [7, 11) is 2.17. The van der Waals surface area contributed by atoms with Crippen molar-refractivity contribution in [2.45, 2.75) is 58.1 Å². The van der Waals surface area contributed by atoms with Gasteiger partial charge >= 0.3 is 5.97 Å². The monoisotopic (exact) mass is 256 g/mol. The van der Waals surface area contributed by atoms with E-state index in [-0.39, 0.29) is 11.6 Å². The average molecular weight is 256 g/mol. The van der Waals surface area contributed by atoms with Crippen molar-refractivity contribution in [1.82, 2.24) is 10.2 Å². The van der Waals surface area contributed by atoms with Crippen molar-refractivity contribution in [2.75, 3.05) is 26.7 Å². The molecule has 0 aliphatic heterocycles. The quantitative estimate of drug-likeness (QED) is 0.581. The van der Waals surface area contributed by atoms with Crippen LogP contribution < -0.4 is 5.32 Å². The summed E-state index contributed by atoms with van der Waals surface area (Å²) in [4.78, 5) is 13.9. The first-order chi connectivity index (χ1) is 8.38. The van der Waals surface area contributed by atoms with Gasteiger partial charge in [-0.15, -0.1) is 0 Å². The second-order valence-corrected chi connectivity index (χ2v) is 6.18. The van der Waals surface area contributed by atoms with Crippen molar-refractivity contribution in [3.63, 3.8) is 0 Å². The zero-order valence-corrected chi connectivity index (χ0v) is 12.3. The Labute approximate surface area is 111 Å². The second kappa shape index (κ2) is 7.10. The van der Waals surface area contributed by atoms with Gasteiger partial charge in [0.25, 0.3) is 0 Å².